The molecule has 4 N–H and O–H groups in total. The van der Waals surface area contributed by atoms with Crippen molar-refractivity contribution >= 4 is 17.3 Å². The van der Waals surface area contributed by atoms with Crippen LogP contribution in [-0.2, 0) is 4.79 Å². The van der Waals surface area contributed by atoms with Crippen LogP contribution in [-0.4, -0.2) is 67.4 Å². The Labute approximate surface area is 184 Å². The Bertz CT molecular complexity index is 936. The lowest BCUT2D eigenvalue weighted by Crippen LogP contribution is -2.33. The molecule has 0 heterocycles. The monoisotopic (exact) mass is 424 g/mol. The number of rotatable bonds is 10. The minimum Gasteiger partial charge on any atom is -0.508 e. The molecule has 7 heteroatoms. The largest absolute Gasteiger partial charge is 0.508 e. The number of nitrogens with zero attached hydrogens (tertiary/aromatic N) is 2. The maximum absolute atomic E-state index is 12.2. The van der Waals surface area contributed by atoms with Crippen LogP contribution in [0.3, 0.4) is 0 Å². The number of benzene rings is 2. The molecule has 31 heavy (non-hydrogen) atoms. The van der Waals surface area contributed by atoms with Gasteiger partial charge in [0, 0.05) is 19.3 Å². The molecule has 1 amide bonds. The van der Waals surface area contributed by atoms with E-state index in [1.54, 1.807) is 67.4 Å². The smallest absolute Gasteiger partial charge is 0.260 e. The summed E-state index contributed by atoms with van der Waals surface area (Å²) in [5.41, 5.74) is 8.95. The van der Waals surface area contributed by atoms with Gasteiger partial charge in [0.2, 0.25) is 0 Å². The lowest BCUT2D eigenvalue weighted by Gasteiger charge is -2.18. The minimum atomic E-state index is -0.0736. The van der Waals surface area contributed by atoms with Crippen molar-refractivity contribution in [3.63, 3.8) is 0 Å². The molecule has 0 aliphatic rings. The van der Waals surface area contributed by atoms with Crippen molar-refractivity contribution < 1.29 is 14.6 Å². The number of phenolic OH excluding ortho intramolecular Hbond substituents is 1. The third-order valence-electron chi connectivity index (χ3n) is 4.88. The number of nitrogens with two attached hydrogens (primary N) is 1. The van der Waals surface area contributed by atoms with E-state index < -0.39 is 0 Å². The first-order valence-corrected chi connectivity index (χ1v) is 10.1. The van der Waals surface area contributed by atoms with Crippen molar-refractivity contribution in [3.8, 4) is 11.5 Å². The number of amides is 1. The summed E-state index contributed by atoms with van der Waals surface area (Å²) in [4.78, 5) is 15.9. The van der Waals surface area contributed by atoms with Gasteiger partial charge in [0.1, 0.15) is 11.5 Å². The van der Waals surface area contributed by atoms with E-state index in [-0.39, 0.29) is 24.0 Å². The maximum atomic E-state index is 12.2. The van der Waals surface area contributed by atoms with Crippen molar-refractivity contribution in [2.45, 2.75) is 13.3 Å². The molecule has 166 valence electrons. The van der Waals surface area contributed by atoms with Crippen LogP contribution in [0.4, 0.5) is 0 Å². The number of aryl methyl sites for hydroxylation is 1. The van der Waals surface area contributed by atoms with E-state index in [9.17, 15) is 9.90 Å². The van der Waals surface area contributed by atoms with Crippen molar-refractivity contribution in [2.75, 3.05) is 40.8 Å². The van der Waals surface area contributed by atoms with Crippen LogP contribution in [0.5, 0.6) is 11.5 Å². The number of nitrogens with one attached hydrogen (secondary N) is 1. The standard InChI is InChI=1S/C24H32N4O3/c1-17-14-19(8-11-23(17)29)22(26)15-21(25)18-6-9-20(10-7-18)31-16-24(30)28(4)13-5-12-27(2)3/h6-11,14-15,25,29H,5,12-13,16,26H2,1-4H3/b22-15-,25-21?. The molecule has 0 bridgehead atoms. The van der Waals surface area contributed by atoms with Gasteiger partial charge in [0.15, 0.2) is 6.61 Å². The number of carbonyl (C=O) groups is 1. The Balaban J connectivity index is 1.91. The van der Waals surface area contributed by atoms with Gasteiger partial charge in [-0.1, -0.05) is 0 Å². The number of phenols is 1. The number of ether oxygens (including phenoxy) is 1. The van der Waals surface area contributed by atoms with Gasteiger partial charge in [-0.3, -0.25) is 4.79 Å². The number of hydrogen-bond acceptors (Lipinski definition) is 6. The van der Waals surface area contributed by atoms with Crippen LogP contribution in [0.2, 0.25) is 0 Å². The quantitative estimate of drug-likeness (QED) is 0.509. The second-order valence-electron chi connectivity index (χ2n) is 7.80. The molecule has 0 atom stereocenters. The summed E-state index contributed by atoms with van der Waals surface area (Å²) in [5, 5.41) is 17.9. The summed E-state index contributed by atoms with van der Waals surface area (Å²) >= 11 is 0. The van der Waals surface area contributed by atoms with Gasteiger partial charge < -0.3 is 30.8 Å². The Morgan fingerprint density at radius 2 is 1.74 bits per heavy atom. The van der Waals surface area contributed by atoms with Crippen LogP contribution >= 0.6 is 0 Å². The normalized spacial score (nSPS) is 11.5. The number of allylic oxidation sites excluding steroid dienone is 1. The van der Waals surface area contributed by atoms with Gasteiger partial charge in [-0.25, -0.2) is 0 Å². The van der Waals surface area contributed by atoms with Gasteiger partial charge in [-0.15, -0.1) is 0 Å². The zero-order valence-electron chi connectivity index (χ0n) is 18.7. The molecular weight excluding hydrogens is 392 g/mol. The van der Waals surface area contributed by atoms with E-state index in [1.807, 2.05) is 14.1 Å². The summed E-state index contributed by atoms with van der Waals surface area (Å²) in [6, 6.07) is 12.1. The van der Waals surface area contributed by atoms with E-state index in [1.165, 1.54) is 0 Å². The molecule has 0 spiro atoms. The van der Waals surface area contributed by atoms with Crippen molar-refractivity contribution in [2.24, 2.45) is 5.73 Å². The summed E-state index contributed by atoms with van der Waals surface area (Å²) in [6.45, 7) is 3.38. The van der Waals surface area contributed by atoms with E-state index in [4.69, 9.17) is 15.9 Å². The zero-order chi connectivity index (χ0) is 23.0. The Morgan fingerprint density at radius 1 is 1.10 bits per heavy atom. The van der Waals surface area contributed by atoms with Gasteiger partial charge in [0.25, 0.3) is 5.91 Å². The third-order valence-corrected chi connectivity index (χ3v) is 4.88. The first-order valence-electron chi connectivity index (χ1n) is 10.1. The van der Waals surface area contributed by atoms with Gasteiger partial charge in [-0.2, -0.15) is 0 Å². The van der Waals surface area contributed by atoms with Crippen LogP contribution < -0.4 is 10.5 Å². The highest BCUT2D eigenvalue weighted by Crippen LogP contribution is 2.21. The Kier molecular flexibility index (Phi) is 8.63. The highest BCUT2D eigenvalue weighted by Gasteiger charge is 2.10. The third kappa shape index (κ3) is 7.46. The second kappa shape index (κ2) is 11.2. The molecule has 0 fully saturated rings. The topological polar surface area (TPSA) is 103 Å². The van der Waals surface area contributed by atoms with Crippen molar-refractivity contribution in [3.05, 3.63) is 65.2 Å². The van der Waals surface area contributed by atoms with Crippen LogP contribution in [0.25, 0.3) is 5.70 Å². The highest BCUT2D eigenvalue weighted by atomic mass is 16.5. The first-order chi connectivity index (χ1) is 14.7. The molecule has 2 aromatic rings. The SMILES string of the molecule is Cc1cc(/C(N)=C/C(=N)c2ccc(OCC(=O)N(C)CCCN(C)C)cc2)ccc1O. The number of carbonyl (C=O) groups excluding carboxylic acids is 1. The lowest BCUT2D eigenvalue weighted by atomic mass is 10.0. The van der Waals surface area contributed by atoms with Crippen LogP contribution in [0, 0.1) is 12.3 Å². The zero-order valence-corrected chi connectivity index (χ0v) is 18.7. The van der Waals surface area contributed by atoms with E-state index in [0.717, 1.165) is 24.1 Å². The van der Waals surface area contributed by atoms with Crippen LogP contribution in [0.15, 0.2) is 48.5 Å². The van der Waals surface area contributed by atoms with Crippen LogP contribution in [0.1, 0.15) is 23.1 Å². The summed E-state index contributed by atoms with van der Waals surface area (Å²) < 4.78 is 5.59. The number of likely N-dealkylation sites (N-methyl/N-ethyl adjacent to an activating group) is 1. The molecule has 0 aliphatic heterocycles. The van der Waals surface area contributed by atoms with E-state index in [0.29, 0.717) is 23.6 Å². The predicted octanol–water partition coefficient (Wildman–Crippen LogP) is 2.86. The summed E-state index contributed by atoms with van der Waals surface area (Å²) in [5.74, 6) is 0.702. The molecule has 0 saturated heterocycles. The summed E-state index contributed by atoms with van der Waals surface area (Å²) in [6.07, 6.45) is 2.49. The predicted molar refractivity (Wildman–Crippen MR) is 125 cm³/mol. The Morgan fingerprint density at radius 3 is 2.35 bits per heavy atom. The van der Waals surface area contributed by atoms with Gasteiger partial charge in [-0.05, 0) is 99.2 Å². The molecule has 0 aliphatic carbocycles. The second-order valence-corrected chi connectivity index (χ2v) is 7.80. The molecular formula is C24H32N4O3. The van der Waals surface area contributed by atoms with E-state index in [2.05, 4.69) is 4.90 Å². The lowest BCUT2D eigenvalue weighted by molar-refractivity contribution is -0.132. The molecule has 7 nitrogen and oxygen atoms in total. The molecule has 0 unspecified atom stereocenters. The minimum absolute atomic E-state index is 0.0255. The molecule has 0 aromatic heterocycles. The molecule has 0 saturated carbocycles. The highest BCUT2D eigenvalue weighted by molar-refractivity contribution is 6.10. The first kappa shape index (κ1) is 24.0. The maximum Gasteiger partial charge on any atom is 0.260 e. The number of hydrogen-bond donors (Lipinski definition) is 3. The Hall–Kier alpha value is -3.32. The average molecular weight is 425 g/mol. The fourth-order valence-electron chi connectivity index (χ4n) is 2.89. The average Bonchev–Trinajstić information content (AvgIpc) is 2.73. The van der Waals surface area contributed by atoms with Crippen molar-refractivity contribution in [1.82, 2.24) is 9.80 Å². The molecule has 0 radical (unpaired) electrons. The van der Waals surface area contributed by atoms with Crippen molar-refractivity contribution in [1.29, 1.82) is 5.41 Å². The fraction of sp³-hybridized carbons (Fsp3) is 0.333. The summed E-state index contributed by atoms with van der Waals surface area (Å²) in [7, 11) is 5.79. The van der Waals surface area contributed by atoms with Gasteiger partial charge >= 0.3 is 0 Å². The number of aromatic hydroxyl groups is 1. The molecule has 2 rings (SSSR count). The van der Waals surface area contributed by atoms with E-state index >= 15 is 0 Å². The fourth-order valence-corrected chi connectivity index (χ4v) is 2.89. The van der Waals surface area contributed by atoms with Gasteiger partial charge in [0.05, 0.1) is 5.71 Å². The molecule has 2 aromatic carbocycles.